The Bertz CT molecular complexity index is 645. The quantitative estimate of drug-likeness (QED) is 0.907. The Morgan fingerprint density at radius 3 is 2.60 bits per heavy atom. The van der Waals surface area contributed by atoms with Crippen LogP contribution in [0.25, 0.3) is 0 Å². The zero-order chi connectivity index (χ0) is 14.6. The minimum absolute atomic E-state index is 0.278. The Balaban J connectivity index is 2.22. The van der Waals surface area contributed by atoms with Gasteiger partial charge in [0, 0.05) is 12.1 Å². The van der Waals surface area contributed by atoms with Gasteiger partial charge in [-0.15, -0.1) is 0 Å². The number of nitrogens with zero attached hydrogens (tertiary/aromatic N) is 1. The maximum Gasteiger partial charge on any atom is 0.126 e. The summed E-state index contributed by atoms with van der Waals surface area (Å²) in [6.45, 7) is 3.77. The zero-order valence-corrected chi connectivity index (χ0v) is 11.7. The molecular weight excluding hydrogens is 251 g/mol. The van der Waals surface area contributed by atoms with E-state index in [0.29, 0.717) is 12.0 Å². The number of nitrogens with one attached hydrogen (secondary N) is 1. The first kappa shape index (κ1) is 14.1. The molecule has 20 heavy (non-hydrogen) atoms. The lowest BCUT2D eigenvalue weighted by Gasteiger charge is -2.25. The highest BCUT2D eigenvalue weighted by Gasteiger charge is 2.25. The van der Waals surface area contributed by atoms with Crippen molar-refractivity contribution in [3.8, 4) is 6.07 Å². The van der Waals surface area contributed by atoms with Gasteiger partial charge in [-0.25, -0.2) is 4.39 Å². The van der Waals surface area contributed by atoms with Gasteiger partial charge in [0.2, 0.25) is 0 Å². The second-order valence-corrected chi connectivity index (χ2v) is 5.21. The van der Waals surface area contributed by atoms with E-state index in [-0.39, 0.29) is 5.82 Å². The van der Waals surface area contributed by atoms with Crippen LogP contribution in [0.2, 0.25) is 0 Å². The van der Waals surface area contributed by atoms with Crippen LogP contribution in [-0.4, -0.2) is 5.54 Å². The van der Waals surface area contributed by atoms with E-state index < -0.39 is 5.54 Å². The molecule has 102 valence electrons. The van der Waals surface area contributed by atoms with Gasteiger partial charge in [-0.05, 0) is 43.2 Å². The fraction of sp³-hybridized carbons (Fsp3) is 0.235. The third-order valence-electron chi connectivity index (χ3n) is 3.19. The molecule has 2 nitrogen and oxygen atoms in total. The monoisotopic (exact) mass is 268 g/mol. The fourth-order valence-electron chi connectivity index (χ4n) is 2.18. The first-order chi connectivity index (χ1) is 9.52. The molecule has 0 saturated heterocycles. The fourth-order valence-corrected chi connectivity index (χ4v) is 2.18. The van der Waals surface area contributed by atoms with Gasteiger partial charge < -0.3 is 5.32 Å². The third-order valence-corrected chi connectivity index (χ3v) is 3.19. The molecule has 0 radical (unpaired) electrons. The summed E-state index contributed by atoms with van der Waals surface area (Å²) < 4.78 is 13.7. The van der Waals surface area contributed by atoms with Crippen LogP contribution >= 0.6 is 0 Å². The lowest BCUT2D eigenvalue weighted by molar-refractivity contribution is 0.575. The highest BCUT2D eigenvalue weighted by Crippen LogP contribution is 2.21. The normalized spacial score (nSPS) is 13.3. The van der Waals surface area contributed by atoms with Gasteiger partial charge >= 0.3 is 0 Å². The Kier molecular flexibility index (Phi) is 4.05. The van der Waals surface area contributed by atoms with Crippen molar-refractivity contribution >= 4 is 5.69 Å². The first-order valence-electron chi connectivity index (χ1n) is 6.52. The van der Waals surface area contributed by atoms with Gasteiger partial charge in [0.1, 0.15) is 11.4 Å². The molecule has 0 amide bonds. The average molecular weight is 268 g/mol. The van der Waals surface area contributed by atoms with E-state index in [4.69, 9.17) is 0 Å². The van der Waals surface area contributed by atoms with E-state index in [0.717, 1.165) is 11.3 Å². The number of nitriles is 1. The second-order valence-electron chi connectivity index (χ2n) is 5.21. The molecular formula is C17H17FN2. The minimum atomic E-state index is -0.851. The molecule has 0 fully saturated rings. The van der Waals surface area contributed by atoms with Crippen molar-refractivity contribution in [2.75, 3.05) is 5.32 Å². The van der Waals surface area contributed by atoms with E-state index in [2.05, 4.69) is 11.4 Å². The van der Waals surface area contributed by atoms with Crippen molar-refractivity contribution in [2.45, 2.75) is 25.8 Å². The molecule has 0 bridgehead atoms. The molecule has 0 aliphatic heterocycles. The molecule has 0 aliphatic carbocycles. The van der Waals surface area contributed by atoms with Crippen LogP contribution in [0.15, 0.2) is 48.5 Å². The van der Waals surface area contributed by atoms with Crippen molar-refractivity contribution in [2.24, 2.45) is 0 Å². The van der Waals surface area contributed by atoms with Crippen molar-refractivity contribution in [1.29, 1.82) is 5.26 Å². The van der Waals surface area contributed by atoms with Crippen LogP contribution in [-0.2, 0) is 6.42 Å². The van der Waals surface area contributed by atoms with Crippen molar-refractivity contribution in [3.63, 3.8) is 0 Å². The predicted molar refractivity (Wildman–Crippen MR) is 78.9 cm³/mol. The van der Waals surface area contributed by atoms with Crippen LogP contribution in [0.4, 0.5) is 10.1 Å². The summed E-state index contributed by atoms with van der Waals surface area (Å²) in [5, 5.41) is 12.6. The third kappa shape index (κ3) is 3.36. The van der Waals surface area contributed by atoms with Gasteiger partial charge in [-0.3, -0.25) is 0 Å². The SMILES string of the molecule is Cc1cccc(NC(C)(C#N)Cc2ccccc2F)c1. The molecule has 1 unspecified atom stereocenters. The van der Waals surface area contributed by atoms with Gasteiger partial charge in [-0.2, -0.15) is 5.26 Å². The van der Waals surface area contributed by atoms with E-state index in [1.54, 1.807) is 25.1 Å². The van der Waals surface area contributed by atoms with Crippen LogP contribution in [0, 0.1) is 24.1 Å². The van der Waals surface area contributed by atoms with Crippen LogP contribution in [0.1, 0.15) is 18.1 Å². The molecule has 2 aromatic rings. The summed E-state index contributed by atoms with van der Waals surface area (Å²) in [7, 11) is 0. The molecule has 3 heteroatoms. The van der Waals surface area contributed by atoms with E-state index in [1.165, 1.54) is 6.07 Å². The summed E-state index contributed by atoms with van der Waals surface area (Å²) in [6, 6.07) is 16.6. The number of benzene rings is 2. The standard InChI is InChI=1S/C17H17FN2/c1-13-6-5-8-15(10-13)20-17(2,12-19)11-14-7-3-4-9-16(14)18/h3-10,20H,11H2,1-2H3. The lowest BCUT2D eigenvalue weighted by Crippen LogP contribution is -2.35. The molecule has 1 atom stereocenters. The number of hydrogen-bond donors (Lipinski definition) is 1. The Morgan fingerprint density at radius 2 is 1.95 bits per heavy atom. The highest BCUT2D eigenvalue weighted by molar-refractivity contribution is 5.50. The van der Waals surface area contributed by atoms with E-state index in [9.17, 15) is 9.65 Å². The maximum absolute atomic E-state index is 13.7. The molecule has 2 aromatic carbocycles. The lowest BCUT2D eigenvalue weighted by atomic mass is 9.93. The summed E-state index contributed by atoms with van der Waals surface area (Å²) in [5.41, 5.74) is 1.67. The molecule has 0 heterocycles. The molecule has 0 aromatic heterocycles. The smallest absolute Gasteiger partial charge is 0.126 e. The Labute approximate surface area is 118 Å². The molecule has 0 spiro atoms. The number of aryl methyl sites for hydroxylation is 1. The number of rotatable bonds is 4. The molecule has 1 N–H and O–H groups in total. The van der Waals surface area contributed by atoms with Crippen LogP contribution < -0.4 is 5.32 Å². The zero-order valence-electron chi connectivity index (χ0n) is 11.7. The van der Waals surface area contributed by atoms with Crippen molar-refractivity contribution in [1.82, 2.24) is 0 Å². The largest absolute Gasteiger partial charge is 0.367 e. The Hall–Kier alpha value is -2.34. The number of halogens is 1. The topological polar surface area (TPSA) is 35.8 Å². The summed E-state index contributed by atoms with van der Waals surface area (Å²) >= 11 is 0. The predicted octanol–water partition coefficient (Wildman–Crippen LogP) is 4.07. The number of anilines is 1. The van der Waals surface area contributed by atoms with E-state index in [1.807, 2.05) is 31.2 Å². The molecule has 0 saturated carbocycles. The van der Waals surface area contributed by atoms with Crippen LogP contribution in [0.3, 0.4) is 0 Å². The minimum Gasteiger partial charge on any atom is -0.367 e. The maximum atomic E-state index is 13.7. The van der Waals surface area contributed by atoms with Gasteiger partial charge in [0.05, 0.1) is 6.07 Å². The van der Waals surface area contributed by atoms with Crippen molar-refractivity contribution < 1.29 is 4.39 Å². The molecule has 2 rings (SSSR count). The first-order valence-corrected chi connectivity index (χ1v) is 6.52. The van der Waals surface area contributed by atoms with Crippen molar-refractivity contribution in [3.05, 3.63) is 65.5 Å². The summed E-state index contributed by atoms with van der Waals surface area (Å²) in [6.07, 6.45) is 0.310. The second kappa shape index (κ2) is 5.75. The number of hydrogen-bond acceptors (Lipinski definition) is 2. The van der Waals surface area contributed by atoms with Gasteiger partial charge in [-0.1, -0.05) is 30.3 Å². The summed E-state index contributed by atoms with van der Waals surface area (Å²) in [5.74, 6) is -0.278. The highest BCUT2D eigenvalue weighted by atomic mass is 19.1. The van der Waals surface area contributed by atoms with Gasteiger partial charge in [0.15, 0.2) is 0 Å². The Morgan fingerprint density at radius 1 is 1.20 bits per heavy atom. The van der Waals surface area contributed by atoms with Gasteiger partial charge in [0.25, 0.3) is 0 Å². The van der Waals surface area contributed by atoms with E-state index >= 15 is 0 Å². The molecule has 0 aliphatic rings. The average Bonchev–Trinajstić information content (AvgIpc) is 2.41. The summed E-state index contributed by atoms with van der Waals surface area (Å²) in [4.78, 5) is 0. The van der Waals surface area contributed by atoms with Crippen LogP contribution in [0.5, 0.6) is 0 Å².